The maximum absolute atomic E-state index is 10.2. The number of hydrogen-bond donors (Lipinski definition) is 1. The molecule has 0 spiro atoms. The molecule has 1 saturated heterocycles. The van der Waals surface area contributed by atoms with Crippen LogP contribution in [0.3, 0.4) is 0 Å². The molecular formula is C13H17NO. The van der Waals surface area contributed by atoms with Gasteiger partial charge in [0.15, 0.2) is 0 Å². The number of benzene rings is 1. The summed E-state index contributed by atoms with van der Waals surface area (Å²) in [5.74, 6) is 2.00. The van der Waals surface area contributed by atoms with Gasteiger partial charge in [-0.15, -0.1) is 0 Å². The summed E-state index contributed by atoms with van der Waals surface area (Å²) in [4.78, 5) is 2.36. The Bertz CT molecular complexity index is 339. The van der Waals surface area contributed by atoms with Gasteiger partial charge in [0, 0.05) is 13.1 Å². The lowest BCUT2D eigenvalue weighted by atomic mass is 10.0. The minimum absolute atomic E-state index is 0.241. The topological polar surface area (TPSA) is 23.5 Å². The molecule has 2 aliphatic rings. The predicted molar refractivity (Wildman–Crippen MR) is 59.4 cm³/mol. The van der Waals surface area contributed by atoms with Crippen LogP contribution in [0.25, 0.3) is 0 Å². The second kappa shape index (κ2) is 3.32. The number of nitrogens with zero attached hydrogens (tertiary/aromatic N) is 1. The zero-order valence-corrected chi connectivity index (χ0v) is 9.00. The Morgan fingerprint density at radius 1 is 1.20 bits per heavy atom. The molecular weight excluding hydrogens is 186 g/mol. The summed E-state index contributed by atoms with van der Waals surface area (Å²) in [6.07, 6.45) is -0.241. The standard InChI is InChI=1S/C13H17NO/c1-14-7-10-11(8-14)12(10)13(15)9-5-3-2-4-6-9/h2-6,10-13,15H,7-8H2,1H3/t10-,11+,12?,13-/m1/s1. The molecule has 2 fully saturated rings. The van der Waals surface area contributed by atoms with E-state index in [1.54, 1.807) is 0 Å². The molecule has 1 N–H and O–H groups in total. The zero-order chi connectivity index (χ0) is 10.4. The minimum atomic E-state index is -0.241. The number of hydrogen-bond acceptors (Lipinski definition) is 2. The minimum Gasteiger partial charge on any atom is -0.388 e. The van der Waals surface area contributed by atoms with Crippen LogP contribution in [-0.2, 0) is 0 Å². The van der Waals surface area contributed by atoms with E-state index in [0.717, 1.165) is 17.4 Å². The van der Waals surface area contributed by atoms with Crippen LogP contribution in [-0.4, -0.2) is 30.1 Å². The monoisotopic (exact) mass is 203 g/mol. The number of aliphatic hydroxyl groups excluding tert-OH is 1. The first kappa shape index (κ1) is 9.37. The Morgan fingerprint density at radius 3 is 2.40 bits per heavy atom. The molecule has 1 aliphatic heterocycles. The summed E-state index contributed by atoms with van der Waals surface area (Å²) in [6.45, 7) is 2.33. The van der Waals surface area contributed by atoms with Crippen molar-refractivity contribution < 1.29 is 5.11 Å². The Labute approximate surface area is 90.5 Å². The lowest BCUT2D eigenvalue weighted by Gasteiger charge is -2.17. The molecule has 0 amide bonds. The molecule has 2 heteroatoms. The molecule has 1 heterocycles. The van der Waals surface area contributed by atoms with Gasteiger partial charge in [-0.05, 0) is 30.4 Å². The maximum atomic E-state index is 10.2. The van der Waals surface area contributed by atoms with Crippen LogP contribution in [0.5, 0.6) is 0 Å². The molecule has 4 atom stereocenters. The van der Waals surface area contributed by atoms with Gasteiger partial charge < -0.3 is 10.0 Å². The Morgan fingerprint density at radius 2 is 1.80 bits per heavy atom. The molecule has 2 nitrogen and oxygen atoms in total. The number of piperidine rings is 1. The highest BCUT2D eigenvalue weighted by Gasteiger charge is 2.57. The van der Waals surface area contributed by atoms with Gasteiger partial charge in [0.05, 0.1) is 6.10 Å². The zero-order valence-electron chi connectivity index (χ0n) is 9.00. The van der Waals surface area contributed by atoms with Crippen LogP contribution in [0.4, 0.5) is 0 Å². The highest BCUT2D eigenvalue weighted by atomic mass is 16.3. The Balaban J connectivity index is 1.71. The van der Waals surface area contributed by atoms with E-state index in [2.05, 4.69) is 11.9 Å². The molecule has 1 aliphatic carbocycles. The fourth-order valence-electron chi connectivity index (χ4n) is 3.12. The average molecular weight is 203 g/mol. The van der Waals surface area contributed by atoms with Crippen molar-refractivity contribution in [1.29, 1.82) is 0 Å². The van der Waals surface area contributed by atoms with E-state index in [4.69, 9.17) is 0 Å². The lowest BCUT2D eigenvalue weighted by molar-refractivity contribution is 0.128. The molecule has 3 rings (SSSR count). The van der Waals surface area contributed by atoms with Crippen molar-refractivity contribution in [3.8, 4) is 0 Å². The fourth-order valence-corrected chi connectivity index (χ4v) is 3.12. The van der Waals surface area contributed by atoms with Gasteiger partial charge >= 0.3 is 0 Å². The first-order valence-corrected chi connectivity index (χ1v) is 5.69. The van der Waals surface area contributed by atoms with E-state index < -0.39 is 0 Å². The van der Waals surface area contributed by atoms with Crippen LogP contribution in [0.1, 0.15) is 11.7 Å². The van der Waals surface area contributed by atoms with Crippen LogP contribution < -0.4 is 0 Å². The molecule has 80 valence electrons. The third-order valence-electron chi connectivity index (χ3n) is 3.95. The quantitative estimate of drug-likeness (QED) is 0.788. The van der Waals surface area contributed by atoms with Crippen molar-refractivity contribution in [2.24, 2.45) is 17.8 Å². The summed E-state index contributed by atoms with van der Waals surface area (Å²) < 4.78 is 0. The second-order valence-electron chi connectivity index (χ2n) is 4.98. The van der Waals surface area contributed by atoms with Crippen molar-refractivity contribution in [3.05, 3.63) is 35.9 Å². The molecule has 1 unspecified atom stereocenters. The third-order valence-corrected chi connectivity index (χ3v) is 3.95. The van der Waals surface area contributed by atoms with Crippen molar-refractivity contribution in [2.45, 2.75) is 6.10 Å². The summed E-state index contributed by atoms with van der Waals surface area (Å²) in [6, 6.07) is 10.1. The molecule has 1 aromatic rings. The van der Waals surface area contributed by atoms with Gasteiger partial charge in [0.1, 0.15) is 0 Å². The van der Waals surface area contributed by atoms with Crippen LogP contribution in [0, 0.1) is 17.8 Å². The van der Waals surface area contributed by atoms with Crippen LogP contribution in [0.2, 0.25) is 0 Å². The molecule has 1 aromatic carbocycles. The SMILES string of the molecule is CN1C[C@@H]2C([C@H](O)c3ccccc3)[C@@H]2C1. The van der Waals surface area contributed by atoms with Gasteiger partial charge in [0.2, 0.25) is 0 Å². The first-order valence-electron chi connectivity index (χ1n) is 5.69. The highest BCUT2D eigenvalue weighted by molar-refractivity contribution is 5.22. The van der Waals surface area contributed by atoms with Gasteiger partial charge in [-0.1, -0.05) is 30.3 Å². The van der Waals surface area contributed by atoms with Crippen molar-refractivity contribution in [3.63, 3.8) is 0 Å². The molecule has 1 saturated carbocycles. The number of rotatable bonds is 2. The summed E-state index contributed by atoms with van der Waals surface area (Å²) in [5, 5.41) is 10.2. The van der Waals surface area contributed by atoms with E-state index in [9.17, 15) is 5.11 Å². The summed E-state index contributed by atoms with van der Waals surface area (Å²) in [5.41, 5.74) is 1.08. The number of fused-ring (bicyclic) bond motifs is 1. The van der Waals surface area contributed by atoms with Gasteiger partial charge in [-0.25, -0.2) is 0 Å². The normalized spacial score (nSPS) is 36.3. The second-order valence-corrected chi connectivity index (χ2v) is 4.98. The van der Waals surface area contributed by atoms with E-state index in [-0.39, 0.29) is 6.10 Å². The number of aliphatic hydroxyl groups is 1. The van der Waals surface area contributed by atoms with Gasteiger partial charge in [0.25, 0.3) is 0 Å². The van der Waals surface area contributed by atoms with E-state index >= 15 is 0 Å². The van der Waals surface area contributed by atoms with Crippen molar-refractivity contribution in [2.75, 3.05) is 20.1 Å². The van der Waals surface area contributed by atoms with Crippen molar-refractivity contribution >= 4 is 0 Å². The smallest absolute Gasteiger partial charge is 0.0824 e. The Hall–Kier alpha value is -0.860. The number of likely N-dealkylation sites (tertiary alicyclic amines) is 1. The van der Waals surface area contributed by atoms with Crippen molar-refractivity contribution in [1.82, 2.24) is 4.90 Å². The highest BCUT2D eigenvalue weighted by Crippen LogP contribution is 2.56. The lowest BCUT2D eigenvalue weighted by Crippen LogP contribution is -2.21. The van der Waals surface area contributed by atoms with Gasteiger partial charge in [-0.3, -0.25) is 0 Å². The third kappa shape index (κ3) is 1.48. The molecule has 0 aromatic heterocycles. The molecule has 0 bridgehead atoms. The first-order chi connectivity index (χ1) is 7.27. The average Bonchev–Trinajstić information content (AvgIpc) is 2.77. The maximum Gasteiger partial charge on any atom is 0.0824 e. The predicted octanol–water partition coefficient (Wildman–Crippen LogP) is 1.53. The van der Waals surface area contributed by atoms with Gasteiger partial charge in [-0.2, -0.15) is 0 Å². The fraction of sp³-hybridized carbons (Fsp3) is 0.538. The van der Waals surface area contributed by atoms with E-state index in [0.29, 0.717) is 5.92 Å². The van der Waals surface area contributed by atoms with Crippen LogP contribution >= 0.6 is 0 Å². The Kier molecular flexibility index (Phi) is 2.08. The van der Waals surface area contributed by atoms with E-state index in [1.165, 1.54) is 13.1 Å². The summed E-state index contributed by atoms with van der Waals surface area (Å²) >= 11 is 0. The molecule has 15 heavy (non-hydrogen) atoms. The molecule has 0 radical (unpaired) electrons. The van der Waals surface area contributed by atoms with Crippen LogP contribution in [0.15, 0.2) is 30.3 Å². The summed E-state index contributed by atoms with van der Waals surface area (Å²) in [7, 11) is 2.16. The largest absolute Gasteiger partial charge is 0.388 e. The van der Waals surface area contributed by atoms with E-state index in [1.807, 2.05) is 30.3 Å².